The zero-order valence-electron chi connectivity index (χ0n) is 9.53. The lowest BCUT2D eigenvalue weighted by Gasteiger charge is -2.35. The van der Waals surface area contributed by atoms with Gasteiger partial charge < -0.3 is 9.67 Å². The number of nitrogens with zero attached hydrogens (tertiary/aromatic N) is 3. The summed E-state index contributed by atoms with van der Waals surface area (Å²) in [6.45, 7) is 2.51. The monoisotopic (exact) mass is 229 g/mol. The summed E-state index contributed by atoms with van der Waals surface area (Å²) in [6.07, 6.45) is 5.37. The molecule has 2 heterocycles. The van der Waals surface area contributed by atoms with Crippen molar-refractivity contribution in [2.24, 2.45) is 0 Å². The van der Waals surface area contributed by atoms with Crippen LogP contribution in [-0.2, 0) is 6.54 Å². The van der Waals surface area contributed by atoms with Gasteiger partial charge in [-0.15, -0.1) is 0 Å². The molecule has 1 N–H and O–H groups in total. The van der Waals surface area contributed by atoms with Crippen LogP contribution in [-0.4, -0.2) is 38.8 Å². The van der Waals surface area contributed by atoms with Gasteiger partial charge in [-0.25, -0.2) is 4.98 Å². The third-order valence-electron chi connectivity index (χ3n) is 3.08. The highest BCUT2D eigenvalue weighted by molar-refractivity contribution is 5.34. The minimum atomic E-state index is -0.125. The van der Waals surface area contributed by atoms with Gasteiger partial charge in [0.05, 0.1) is 12.4 Å². The Hall–Kier alpha value is -1.65. The van der Waals surface area contributed by atoms with Crippen LogP contribution in [0.2, 0.25) is 0 Å². The van der Waals surface area contributed by atoms with E-state index in [1.807, 2.05) is 10.8 Å². The highest BCUT2D eigenvalue weighted by Gasteiger charge is 2.23. The quantitative estimate of drug-likeness (QED) is 0.855. The number of hydrogen-bond donors (Lipinski definition) is 1. The molecule has 0 amide bonds. The molecule has 17 heavy (non-hydrogen) atoms. The SMILES string of the molecule is OC1CN(Cc2ccc(-n3ccnc3)cc2)C1. The van der Waals surface area contributed by atoms with Crippen LogP contribution in [0.3, 0.4) is 0 Å². The summed E-state index contributed by atoms with van der Waals surface area (Å²) < 4.78 is 1.98. The number of imidazole rings is 1. The van der Waals surface area contributed by atoms with Gasteiger partial charge >= 0.3 is 0 Å². The van der Waals surface area contributed by atoms with E-state index >= 15 is 0 Å². The molecule has 2 aromatic rings. The Morgan fingerprint density at radius 1 is 1.24 bits per heavy atom. The molecule has 1 aliphatic heterocycles. The maximum absolute atomic E-state index is 9.21. The number of hydrogen-bond acceptors (Lipinski definition) is 3. The molecule has 0 spiro atoms. The molecule has 0 unspecified atom stereocenters. The van der Waals surface area contributed by atoms with Crippen LogP contribution in [0.5, 0.6) is 0 Å². The van der Waals surface area contributed by atoms with Crippen molar-refractivity contribution < 1.29 is 5.11 Å². The zero-order chi connectivity index (χ0) is 11.7. The van der Waals surface area contributed by atoms with E-state index in [0.29, 0.717) is 0 Å². The highest BCUT2D eigenvalue weighted by Crippen LogP contribution is 2.15. The highest BCUT2D eigenvalue weighted by atomic mass is 16.3. The Morgan fingerprint density at radius 3 is 2.59 bits per heavy atom. The minimum Gasteiger partial charge on any atom is -0.390 e. The summed E-state index contributed by atoms with van der Waals surface area (Å²) in [5.74, 6) is 0. The smallest absolute Gasteiger partial charge is 0.0991 e. The number of aliphatic hydroxyl groups excluding tert-OH is 1. The number of β-amino-alcohol motifs (C(OH)–C–C–N with tert-alkyl or cyclic N) is 1. The first-order valence-corrected chi connectivity index (χ1v) is 5.79. The van der Waals surface area contributed by atoms with E-state index < -0.39 is 0 Å². The second kappa shape index (κ2) is 4.31. The molecule has 4 heteroatoms. The van der Waals surface area contributed by atoms with Crippen LogP contribution in [0.1, 0.15) is 5.56 Å². The number of aromatic nitrogens is 2. The average Bonchev–Trinajstić information content (AvgIpc) is 2.81. The van der Waals surface area contributed by atoms with Crippen LogP contribution in [0.4, 0.5) is 0 Å². The molecule has 1 saturated heterocycles. The summed E-state index contributed by atoms with van der Waals surface area (Å²) in [6, 6.07) is 8.43. The van der Waals surface area contributed by atoms with Crippen molar-refractivity contribution >= 4 is 0 Å². The van der Waals surface area contributed by atoms with Crippen LogP contribution in [0.15, 0.2) is 43.0 Å². The summed E-state index contributed by atoms with van der Waals surface area (Å²) in [5.41, 5.74) is 2.40. The first-order chi connectivity index (χ1) is 8.31. The minimum absolute atomic E-state index is 0.125. The van der Waals surface area contributed by atoms with Gasteiger partial charge in [-0.3, -0.25) is 4.90 Å². The Labute approximate surface area is 100 Å². The molecule has 1 fully saturated rings. The number of benzene rings is 1. The normalized spacial score (nSPS) is 17.0. The Bertz CT molecular complexity index is 472. The maximum Gasteiger partial charge on any atom is 0.0991 e. The molecule has 1 aliphatic rings. The van der Waals surface area contributed by atoms with Crippen LogP contribution in [0, 0.1) is 0 Å². The predicted molar refractivity (Wildman–Crippen MR) is 64.8 cm³/mol. The summed E-state index contributed by atoms with van der Waals surface area (Å²) in [5, 5.41) is 9.21. The van der Waals surface area contributed by atoms with Crippen molar-refractivity contribution in [3.63, 3.8) is 0 Å². The van der Waals surface area contributed by atoms with Gasteiger partial charge in [-0.1, -0.05) is 12.1 Å². The molecule has 0 aliphatic carbocycles. The Balaban J connectivity index is 1.68. The lowest BCUT2D eigenvalue weighted by atomic mass is 10.1. The largest absolute Gasteiger partial charge is 0.390 e. The number of likely N-dealkylation sites (tertiary alicyclic amines) is 1. The van der Waals surface area contributed by atoms with E-state index in [0.717, 1.165) is 25.3 Å². The Kier molecular flexibility index (Phi) is 2.66. The van der Waals surface area contributed by atoms with E-state index in [1.54, 1.807) is 12.5 Å². The van der Waals surface area contributed by atoms with E-state index in [4.69, 9.17) is 0 Å². The van der Waals surface area contributed by atoms with Crippen molar-refractivity contribution in [3.05, 3.63) is 48.5 Å². The molecule has 0 saturated carbocycles. The van der Waals surface area contributed by atoms with Gasteiger partial charge in [-0.2, -0.15) is 0 Å². The van der Waals surface area contributed by atoms with E-state index in [1.165, 1.54) is 5.56 Å². The van der Waals surface area contributed by atoms with E-state index in [2.05, 4.69) is 34.1 Å². The lowest BCUT2D eigenvalue weighted by Crippen LogP contribution is -2.49. The lowest BCUT2D eigenvalue weighted by molar-refractivity contribution is -0.00286. The van der Waals surface area contributed by atoms with E-state index in [-0.39, 0.29) is 6.10 Å². The third-order valence-corrected chi connectivity index (χ3v) is 3.08. The molecule has 1 aromatic carbocycles. The van der Waals surface area contributed by atoms with Crippen LogP contribution < -0.4 is 0 Å². The third kappa shape index (κ3) is 2.23. The van der Waals surface area contributed by atoms with Crippen molar-refractivity contribution in [2.75, 3.05) is 13.1 Å². The van der Waals surface area contributed by atoms with Gasteiger partial charge in [0.1, 0.15) is 0 Å². The van der Waals surface area contributed by atoms with Crippen molar-refractivity contribution in [1.29, 1.82) is 0 Å². The van der Waals surface area contributed by atoms with Gasteiger partial charge in [-0.05, 0) is 17.7 Å². The molecule has 88 valence electrons. The van der Waals surface area contributed by atoms with Crippen molar-refractivity contribution in [2.45, 2.75) is 12.6 Å². The van der Waals surface area contributed by atoms with Crippen molar-refractivity contribution in [3.8, 4) is 5.69 Å². The van der Waals surface area contributed by atoms with Gasteiger partial charge in [0.15, 0.2) is 0 Å². The standard InChI is InChI=1S/C13H15N3O/c17-13-8-15(9-13)7-11-1-3-12(4-2-11)16-6-5-14-10-16/h1-6,10,13,17H,7-9H2. The number of aliphatic hydroxyl groups is 1. The Morgan fingerprint density at radius 2 is 2.00 bits per heavy atom. The number of rotatable bonds is 3. The fraction of sp³-hybridized carbons (Fsp3) is 0.308. The van der Waals surface area contributed by atoms with E-state index in [9.17, 15) is 5.11 Å². The molecule has 0 radical (unpaired) electrons. The van der Waals surface area contributed by atoms with Gasteiger partial charge in [0.25, 0.3) is 0 Å². The molecule has 4 nitrogen and oxygen atoms in total. The second-order valence-corrected chi connectivity index (χ2v) is 4.48. The first-order valence-electron chi connectivity index (χ1n) is 5.79. The molecular formula is C13H15N3O. The maximum atomic E-state index is 9.21. The summed E-state index contributed by atoms with van der Waals surface area (Å²) >= 11 is 0. The fourth-order valence-corrected chi connectivity index (χ4v) is 2.12. The van der Waals surface area contributed by atoms with Crippen LogP contribution in [0.25, 0.3) is 5.69 Å². The topological polar surface area (TPSA) is 41.3 Å². The fourth-order valence-electron chi connectivity index (χ4n) is 2.12. The molecule has 3 rings (SSSR count). The predicted octanol–water partition coefficient (Wildman–Crippen LogP) is 1.05. The average molecular weight is 229 g/mol. The zero-order valence-corrected chi connectivity index (χ0v) is 9.53. The molecule has 0 atom stereocenters. The van der Waals surface area contributed by atoms with Gasteiger partial charge in [0.2, 0.25) is 0 Å². The summed E-state index contributed by atoms with van der Waals surface area (Å²) in [7, 11) is 0. The molecule has 0 bridgehead atoms. The molecular weight excluding hydrogens is 214 g/mol. The summed E-state index contributed by atoms with van der Waals surface area (Å²) in [4.78, 5) is 6.26. The molecule has 1 aromatic heterocycles. The van der Waals surface area contributed by atoms with Crippen molar-refractivity contribution in [1.82, 2.24) is 14.5 Å². The second-order valence-electron chi connectivity index (χ2n) is 4.48. The first kappa shape index (κ1) is 10.5. The van der Waals surface area contributed by atoms with Crippen LogP contribution >= 0.6 is 0 Å². The van der Waals surface area contributed by atoms with Gasteiger partial charge in [0, 0.05) is 37.7 Å².